The van der Waals surface area contributed by atoms with Crippen LogP contribution in [0.2, 0.25) is 0 Å². The molecular weight excluding hydrogens is 318 g/mol. The van der Waals surface area contributed by atoms with Gasteiger partial charge in [-0.1, -0.05) is 6.42 Å². The van der Waals surface area contributed by atoms with Crippen molar-refractivity contribution in [2.24, 2.45) is 0 Å². The number of quaternary nitrogens is 1. The Balaban J connectivity index is 0.00000264. The van der Waals surface area contributed by atoms with Gasteiger partial charge in [0.05, 0.1) is 27.4 Å². The number of rotatable bonds is 7. The SMILES string of the molecule is COc1cc(C(O)C[NH2+]C2CCCCC2)cc(OC)c1OC.[Cl-]. The molecule has 2 rings (SSSR count). The molecule has 1 unspecified atom stereocenters. The zero-order valence-electron chi connectivity index (χ0n) is 14.2. The molecule has 1 fully saturated rings. The smallest absolute Gasteiger partial charge is 0.203 e. The van der Waals surface area contributed by atoms with Crippen molar-refractivity contribution in [2.75, 3.05) is 27.9 Å². The first-order valence-electron chi connectivity index (χ1n) is 8.01. The summed E-state index contributed by atoms with van der Waals surface area (Å²) >= 11 is 0. The summed E-state index contributed by atoms with van der Waals surface area (Å²) in [6.45, 7) is 0.656. The van der Waals surface area contributed by atoms with Crippen molar-refractivity contribution in [2.45, 2.75) is 44.2 Å². The van der Waals surface area contributed by atoms with Crippen molar-refractivity contribution >= 4 is 0 Å². The van der Waals surface area contributed by atoms with E-state index in [0.29, 0.717) is 29.8 Å². The zero-order chi connectivity index (χ0) is 15.9. The van der Waals surface area contributed by atoms with Crippen molar-refractivity contribution < 1.29 is 37.0 Å². The summed E-state index contributed by atoms with van der Waals surface area (Å²) < 4.78 is 16.0. The van der Waals surface area contributed by atoms with Gasteiger partial charge in [-0.2, -0.15) is 0 Å². The first-order chi connectivity index (χ1) is 10.7. The lowest BCUT2D eigenvalue weighted by molar-refractivity contribution is -0.698. The molecule has 1 atom stereocenters. The number of methoxy groups -OCH3 is 3. The van der Waals surface area contributed by atoms with Gasteiger partial charge in [0.15, 0.2) is 11.5 Å². The maximum Gasteiger partial charge on any atom is 0.203 e. The van der Waals surface area contributed by atoms with Gasteiger partial charge in [0, 0.05) is 0 Å². The van der Waals surface area contributed by atoms with E-state index < -0.39 is 6.10 Å². The average molecular weight is 346 g/mol. The van der Waals surface area contributed by atoms with Crippen LogP contribution in [0.5, 0.6) is 17.2 Å². The Hall–Kier alpha value is -1.17. The largest absolute Gasteiger partial charge is 1.00 e. The third-order valence-corrected chi connectivity index (χ3v) is 4.41. The standard InChI is InChI=1S/C17H27NO4.ClH/c1-20-15-9-12(10-16(21-2)17(15)22-3)14(19)11-18-13-7-5-4-6-8-13;/h9-10,13-14,18-19H,4-8,11H2,1-3H3;1H. The van der Waals surface area contributed by atoms with E-state index in [-0.39, 0.29) is 12.4 Å². The second-order valence-corrected chi connectivity index (χ2v) is 5.84. The van der Waals surface area contributed by atoms with Gasteiger partial charge in [0.2, 0.25) is 5.75 Å². The molecule has 1 aliphatic carbocycles. The summed E-state index contributed by atoms with van der Waals surface area (Å²) in [5.41, 5.74) is 0.793. The molecular formula is C17H28ClNO4. The fourth-order valence-corrected chi connectivity index (χ4v) is 3.12. The number of ether oxygens (including phenoxy) is 3. The van der Waals surface area contributed by atoms with Crippen LogP contribution in [0.3, 0.4) is 0 Å². The Morgan fingerprint density at radius 1 is 1.04 bits per heavy atom. The van der Waals surface area contributed by atoms with Crippen LogP contribution in [0.15, 0.2) is 12.1 Å². The van der Waals surface area contributed by atoms with Crippen LogP contribution in [0.1, 0.15) is 43.8 Å². The number of nitrogens with two attached hydrogens (primary N) is 1. The van der Waals surface area contributed by atoms with Crippen LogP contribution in [0.4, 0.5) is 0 Å². The Morgan fingerprint density at radius 3 is 2.09 bits per heavy atom. The maximum atomic E-state index is 10.5. The van der Waals surface area contributed by atoms with E-state index in [0.717, 1.165) is 5.56 Å². The van der Waals surface area contributed by atoms with Crippen LogP contribution in [-0.4, -0.2) is 39.0 Å². The fraction of sp³-hybridized carbons (Fsp3) is 0.647. The molecule has 1 aliphatic rings. The molecule has 3 N–H and O–H groups in total. The Morgan fingerprint density at radius 2 is 1.61 bits per heavy atom. The van der Waals surface area contributed by atoms with E-state index in [1.54, 1.807) is 21.3 Å². The van der Waals surface area contributed by atoms with Crippen LogP contribution in [-0.2, 0) is 0 Å². The highest BCUT2D eigenvalue weighted by Gasteiger charge is 2.21. The number of aliphatic hydroxyl groups excluding tert-OH is 1. The molecule has 0 radical (unpaired) electrons. The highest BCUT2D eigenvalue weighted by molar-refractivity contribution is 5.54. The van der Waals surface area contributed by atoms with Gasteiger partial charge in [-0.05, 0) is 43.4 Å². The normalized spacial score (nSPS) is 16.3. The van der Waals surface area contributed by atoms with Gasteiger partial charge in [-0.3, -0.25) is 0 Å². The molecule has 1 saturated carbocycles. The monoisotopic (exact) mass is 345 g/mol. The van der Waals surface area contributed by atoms with Crippen molar-refractivity contribution in [3.8, 4) is 17.2 Å². The number of hydrogen-bond acceptors (Lipinski definition) is 4. The quantitative estimate of drug-likeness (QED) is 0.641. The van der Waals surface area contributed by atoms with E-state index in [4.69, 9.17) is 14.2 Å². The number of halogens is 1. The Labute approximate surface area is 144 Å². The van der Waals surface area contributed by atoms with E-state index >= 15 is 0 Å². The summed E-state index contributed by atoms with van der Waals surface area (Å²) in [5, 5.41) is 12.7. The predicted molar refractivity (Wildman–Crippen MR) is 84.7 cm³/mol. The molecule has 1 aromatic carbocycles. The second-order valence-electron chi connectivity index (χ2n) is 5.84. The van der Waals surface area contributed by atoms with Crippen molar-refractivity contribution in [3.05, 3.63) is 17.7 Å². The van der Waals surface area contributed by atoms with Gasteiger partial charge in [-0.25, -0.2) is 0 Å². The minimum atomic E-state index is -0.546. The minimum Gasteiger partial charge on any atom is -1.00 e. The molecule has 0 saturated heterocycles. The first-order valence-corrected chi connectivity index (χ1v) is 8.01. The van der Waals surface area contributed by atoms with Crippen molar-refractivity contribution in [1.82, 2.24) is 0 Å². The molecule has 0 spiro atoms. The molecule has 132 valence electrons. The van der Waals surface area contributed by atoms with Gasteiger partial charge in [0.1, 0.15) is 12.6 Å². The minimum absolute atomic E-state index is 0. The van der Waals surface area contributed by atoms with Crippen LogP contribution in [0, 0.1) is 0 Å². The summed E-state index contributed by atoms with van der Waals surface area (Å²) in [6, 6.07) is 4.28. The third kappa shape index (κ3) is 5.16. The van der Waals surface area contributed by atoms with Crippen LogP contribution >= 0.6 is 0 Å². The van der Waals surface area contributed by atoms with E-state index in [9.17, 15) is 5.11 Å². The molecule has 0 amide bonds. The predicted octanol–water partition coefficient (Wildman–Crippen LogP) is -1.35. The lowest BCUT2D eigenvalue weighted by Gasteiger charge is -2.22. The van der Waals surface area contributed by atoms with Crippen molar-refractivity contribution in [1.29, 1.82) is 0 Å². The molecule has 5 nitrogen and oxygen atoms in total. The number of hydrogen-bond donors (Lipinski definition) is 2. The van der Waals surface area contributed by atoms with Gasteiger partial charge >= 0.3 is 0 Å². The highest BCUT2D eigenvalue weighted by Crippen LogP contribution is 2.39. The van der Waals surface area contributed by atoms with Crippen LogP contribution in [0.25, 0.3) is 0 Å². The summed E-state index contributed by atoms with van der Waals surface area (Å²) in [6.07, 6.45) is 5.92. The molecule has 6 heteroatoms. The molecule has 0 aliphatic heterocycles. The van der Waals surface area contributed by atoms with E-state index in [1.807, 2.05) is 12.1 Å². The van der Waals surface area contributed by atoms with Gasteiger partial charge in [0.25, 0.3) is 0 Å². The Kier molecular flexibility index (Phi) is 8.52. The third-order valence-electron chi connectivity index (χ3n) is 4.41. The van der Waals surface area contributed by atoms with Crippen LogP contribution < -0.4 is 31.9 Å². The lowest BCUT2D eigenvalue weighted by Crippen LogP contribution is -3.00. The first kappa shape index (κ1) is 19.9. The number of benzene rings is 1. The molecule has 23 heavy (non-hydrogen) atoms. The van der Waals surface area contributed by atoms with Crippen molar-refractivity contribution in [3.63, 3.8) is 0 Å². The topological polar surface area (TPSA) is 64.5 Å². The molecule has 0 aromatic heterocycles. The molecule has 0 bridgehead atoms. The van der Waals surface area contributed by atoms with E-state index in [1.165, 1.54) is 32.1 Å². The lowest BCUT2D eigenvalue weighted by atomic mass is 9.95. The maximum absolute atomic E-state index is 10.5. The molecule has 0 heterocycles. The highest BCUT2D eigenvalue weighted by atomic mass is 35.5. The Bertz CT molecular complexity index is 453. The number of aliphatic hydroxyl groups is 1. The second kappa shape index (κ2) is 9.85. The summed E-state index contributed by atoms with van der Waals surface area (Å²) in [4.78, 5) is 0. The average Bonchev–Trinajstić information content (AvgIpc) is 2.59. The van der Waals surface area contributed by atoms with Gasteiger partial charge < -0.3 is 37.0 Å². The summed E-state index contributed by atoms with van der Waals surface area (Å²) in [5.74, 6) is 1.71. The fourth-order valence-electron chi connectivity index (χ4n) is 3.12. The van der Waals surface area contributed by atoms with E-state index in [2.05, 4.69) is 5.32 Å². The molecule has 1 aromatic rings. The zero-order valence-corrected chi connectivity index (χ0v) is 14.9. The summed E-state index contributed by atoms with van der Waals surface area (Å²) in [7, 11) is 4.75. The van der Waals surface area contributed by atoms with Gasteiger partial charge in [-0.15, -0.1) is 0 Å².